The molecule has 1 saturated heterocycles. The second kappa shape index (κ2) is 4.06. The second-order valence-corrected chi connectivity index (χ2v) is 5.65. The largest absolute Gasteiger partial charge is 0.363 e. The SMILES string of the molecule is CNc1nnc(CN2CCCC2(C)C)s1. The van der Waals surface area contributed by atoms with E-state index in [4.69, 9.17) is 0 Å². The van der Waals surface area contributed by atoms with E-state index in [1.54, 1.807) is 11.3 Å². The summed E-state index contributed by atoms with van der Waals surface area (Å²) in [5, 5.41) is 13.3. The van der Waals surface area contributed by atoms with Gasteiger partial charge in [-0.2, -0.15) is 0 Å². The van der Waals surface area contributed by atoms with Crippen molar-refractivity contribution in [2.45, 2.75) is 38.8 Å². The van der Waals surface area contributed by atoms with Crippen LogP contribution in [0.25, 0.3) is 0 Å². The average molecular weight is 226 g/mol. The first-order valence-electron chi connectivity index (χ1n) is 5.37. The Balaban J connectivity index is 2.02. The minimum atomic E-state index is 0.325. The van der Waals surface area contributed by atoms with Crippen LogP contribution in [-0.2, 0) is 6.54 Å². The predicted octanol–water partition coefficient (Wildman–Crippen LogP) is 1.95. The Hall–Kier alpha value is -0.680. The van der Waals surface area contributed by atoms with E-state index in [0.717, 1.165) is 16.7 Å². The van der Waals surface area contributed by atoms with E-state index in [0.29, 0.717) is 5.54 Å². The third kappa shape index (κ3) is 2.29. The minimum Gasteiger partial charge on any atom is -0.363 e. The van der Waals surface area contributed by atoms with Gasteiger partial charge >= 0.3 is 0 Å². The molecule has 1 aliphatic heterocycles. The van der Waals surface area contributed by atoms with Gasteiger partial charge in [-0.25, -0.2) is 0 Å². The molecule has 1 aliphatic rings. The molecule has 1 aromatic rings. The van der Waals surface area contributed by atoms with Gasteiger partial charge in [0.25, 0.3) is 0 Å². The number of hydrogen-bond donors (Lipinski definition) is 1. The van der Waals surface area contributed by atoms with Crippen LogP contribution >= 0.6 is 11.3 Å². The van der Waals surface area contributed by atoms with Crippen LogP contribution in [0.1, 0.15) is 31.7 Å². The third-order valence-corrected chi connectivity index (χ3v) is 4.01. The number of nitrogens with one attached hydrogen (secondary N) is 1. The third-order valence-electron chi connectivity index (χ3n) is 3.08. The minimum absolute atomic E-state index is 0.325. The normalized spacial score (nSPS) is 20.7. The molecule has 0 bridgehead atoms. The highest BCUT2D eigenvalue weighted by molar-refractivity contribution is 7.15. The van der Waals surface area contributed by atoms with Crippen molar-refractivity contribution in [3.05, 3.63) is 5.01 Å². The lowest BCUT2D eigenvalue weighted by molar-refractivity contribution is 0.166. The van der Waals surface area contributed by atoms with Crippen LogP contribution < -0.4 is 5.32 Å². The van der Waals surface area contributed by atoms with Gasteiger partial charge < -0.3 is 5.32 Å². The van der Waals surface area contributed by atoms with Crippen LogP contribution in [0, 0.1) is 0 Å². The van der Waals surface area contributed by atoms with Crippen LogP contribution in [0.3, 0.4) is 0 Å². The molecule has 1 fully saturated rings. The van der Waals surface area contributed by atoms with E-state index in [1.165, 1.54) is 19.4 Å². The van der Waals surface area contributed by atoms with Gasteiger partial charge in [0.05, 0.1) is 6.54 Å². The Morgan fingerprint density at radius 2 is 2.27 bits per heavy atom. The fraction of sp³-hybridized carbons (Fsp3) is 0.800. The lowest BCUT2D eigenvalue weighted by Gasteiger charge is -2.30. The summed E-state index contributed by atoms with van der Waals surface area (Å²) in [6.45, 7) is 6.73. The van der Waals surface area contributed by atoms with Gasteiger partial charge in [-0.1, -0.05) is 11.3 Å². The molecule has 1 N–H and O–H groups in total. The zero-order chi connectivity index (χ0) is 10.9. The molecule has 0 radical (unpaired) electrons. The lowest BCUT2D eigenvalue weighted by Crippen LogP contribution is -2.37. The molecule has 0 atom stereocenters. The molecule has 0 unspecified atom stereocenters. The van der Waals surface area contributed by atoms with E-state index in [9.17, 15) is 0 Å². The van der Waals surface area contributed by atoms with Crippen LogP contribution in [0.4, 0.5) is 5.13 Å². The summed E-state index contributed by atoms with van der Waals surface area (Å²) in [7, 11) is 1.88. The summed E-state index contributed by atoms with van der Waals surface area (Å²) < 4.78 is 0. The first kappa shape index (κ1) is 10.8. The predicted molar refractivity (Wildman–Crippen MR) is 63.2 cm³/mol. The van der Waals surface area contributed by atoms with Crippen molar-refractivity contribution < 1.29 is 0 Å². The zero-order valence-corrected chi connectivity index (χ0v) is 10.4. The van der Waals surface area contributed by atoms with Crippen molar-refractivity contribution >= 4 is 16.5 Å². The molecule has 0 amide bonds. The molecule has 4 nitrogen and oxygen atoms in total. The van der Waals surface area contributed by atoms with Gasteiger partial charge in [-0.05, 0) is 33.2 Å². The first-order valence-corrected chi connectivity index (χ1v) is 6.19. The van der Waals surface area contributed by atoms with Crippen molar-refractivity contribution in [2.24, 2.45) is 0 Å². The summed E-state index contributed by atoms with van der Waals surface area (Å²) >= 11 is 1.65. The highest BCUT2D eigenvalue weighted by atomic mass is 32.1. The summed E-state index contributed by atoms with van der Waals surface area (Å²) in [6, 6.07) is 0. The summed E-state index contributed by atoms with van der Waals surface area (Å²) in [5.74, 6) is 0. The molecule has 2 rings (SSSR count). The Bertz CT molecular complexity index is 334. The smallest absolute Gasteiger partial charge is 0.205 e. The van der Waals surface area contributed by atoms with Crippen molar-refractivity contribution in [2.75, 3.05) is 18.9 Å². The molecule has 84 valence electrons. The highest BCUT2D eigenvalue weighted by Gasteiger charge is 2.32. The van der Waals surface area contributed by atoms with Gasteiger partial charge in [0.1, 0.15) is 5.01 Å². The highest BCUT2D eigenvalue weighted by Crippen LogP contribution is 2.30. The molecule has 1 aromatic heterocycles. The Morgan fingerprint density at radius 1 is 1.47 bits per heavy atom. The summed E-state index contributed by atoms with van der Waals surface area (Å²) in [4.78, 5) is 2.49. The topological polar surface area (TPSA) is 41.1 Å². The van der Waals surface area contributed by atoms with E-state index < -0.39 is 0 Å². The van der Waals surface area contributed by atoms with Crippen LogP contribution in [0.5, 0.6) is 0 Å². The maximum Gasteiger partial charge on any atom is 0.205 e. The lowest BCUT2D eigenvalue weighted by atomic mass is 10.0. The zero-order valence-electron chi connectivity index (χ0n) is 9.58. The van der Waals surface area contributed by atoms with E-state index >= 15 is 0 Å². The fourth-order valence-corrected chi connectivity index (χ4v) is 2.75. The molecule has 2 heterocycles. The van der Waals surface area contributed by atoms with Crippen LogP contribution in [0.15, 0.2) is 0 Å². The summed E-state index contributed by atoms with van der Waals surface area (Å²) in [5.41, 5.74) is 0.325. The Morgan fingerprint density at radius 3 is 2.80 bits per heavy atom. The second-order valence-electron chi connectivity index (χ2n) is 4.59. The number of hydrogen-bond acceptors (Lipinski definition) is 5. The summed E-state index contributed by atoms with van der Waals surface area (Å²) in [6.07, 6.45) is 2.58. The standard InChI is InChI=1S/C10H18N4S/c1-10(2)5-4-6-14(10)7-8-12-13-9(11-3)15-8/h4-7H2,1-3H3,(H,11,13). The molecular formula is C10H18N4S. The van der Waals surface area contributed by atoms with Crippen LogP contribution in [0.2, 0.25) is 0 Å². The monoisotopic (exact) mass is 226 g/mol. The van der Waals surface area contributed by atoms with Gasteiger partial charge in [0, 0.05) is 12.6 Å². The molecular weight excluding hydrogens is 208 g/mol. The fourth-order valence-electron chi connectivity index (χ4n) is 2.04. The molecule has 0 aromatic carbocycles. The van der Waals surface area contributed by atoms with E-state index in [-0.39, 0.29) is 0 Å². The first-order chi connectivity index (χ1) is 7.12. The molecule has 0 saturated carbocycles. The maximum atomic E-state index is 4.18. The molecule has 0 aliphatic carbocycles. The van der Waals surface area contributed by atoms with Gasteiger partial charge in [0.15, 0.2) is 0 Å². The maximum absolute atomic E-state index is 4.18. The van der Waals surface area contributed by atoms with E-state index in [2.05, 4.69) is 34.3 Å². The molecule has 15 heavy (non-hydrogen) atoms. The van der Waals surface area contributed by atoms with E-state index in [1.807, 2.05) is 7.05 Å². The quantitative estimate of drug-likeness (QED) is 0.855. The van der Waals surface area contributed by atoms with Crippen molar-refractivity contribution in [3.63, 3.8) is 0 Å². The number of likely N-dealkylation sites (tertiary alicyclic amines) is 1. The van der Waals surface area contributed by atoms with Crippen molar-refractivity contribution in [3.8, 4) is 0 Å². The van der Waals surface area contributed by atoms with Gasteiger partial charge in [-0.3, -0.25) is 4.90 Å². The van der Waals surface area contributed by atoms with Gasteiger partial charge in [0.2, 0.25) is 5.13 Å². The molecule has 5 heteroatoms. The number of rotatable bonds is 3. The Labute approximate surface area is 94.7 Å². The number of nitrogens with zero attached hydrogens (tertiary/aromatic N) is 3. The Kier molecular flexibility index (Phi) is 2.93. The number of aromatic nitrogens is 2. The molecule has 0 spiro atoms. The van der Waals surface area contributed by atoms with Crippen molar-refractivity contribution in [1.29, 1.82) is 0 Å². The van der Waals surface area contributed by atoms with Crippen molar-refractivity contribution in [1.82, 2.24) is 15.1 Å². The number of anilines is 1. The van der Waals surface area contributed by atoms with Gasteiger partial charge in [-0.15, -0.1) is 10.2 Å². The average Bonchev–Trinajstić information content (AvgIpc) is 2.75. The van der Waals surface area contributed by atoms with Crippen LogP contribution in [-0.4, -0.2) is 34.2 Å².